The summed E-state index contributed by atoms with van der Waals surface area (Å²) in [6, 6.07) is 19.7. The average molecular weight is 392 g/mol. The predicted molar refractivity (Wildman–Crippen MR) is 112 cm³/mol. The lowest BCUT2D eigenvalue weighted by atomic mass is 9.99. The molecule has 0 radical (unpaired) electrons. The highest BCUT2D eigenvalue weighted by Crippen LogP contribution is 2.28. The van der Waals surface area contributed by atoms with Crippen LogP contribution in [0.5, 0.6) is 0 Å². The van der Waals surface area contributed by atoms with E-state index in [2.05, 4.69) is 28.8 Å². The SMILES string of the molecule is CC(NC(=O)NC(c1ccc(F)cc1)C1CCCO1)c1cccc2ccccc12. The van der Waals surface area contributed by atoms with Crippen molar-refractivity contribution in [1.29, 1.82) is 0 Å². The van der Waals surface area contributed by atoms with Gasteiger partial charge in [0.1, 0.15) is 5.82 Å². The maximum atomic E-state index is 13.3. The van der Waals surface area contributed by atoms with Crippen molar-refractivity contribution in [1.82, 2.24) is 10.6 Å². The molecule has 0 spiro atoms. The summed E-state index contributed by atoms with van der Waals surface area (Å²) >= 11 is 0. The summed E-state index contributed by atoms with van der Waals surface area (Å²) in [5.74, 6) is -0.297. The van der Waals surface area contributed by atoms with E-state index in [-0.39, 0.29) is 30.0 Å². The fraction of sp³-hybridized carbons (Fsp3) is 0.292. The number of fused-ring (bicyclic) bond motifs is 1. The molecular weight excluding hydrogens is 367 g/mol. The Kier molecular flexibility index (Phi) is 5.76. The minimum Gasteiger partial charge on any atom is -0.376 e. The topological polar surface area (TPSA) is 50.4 Å². The Hall–Kier alpha value is -2.92. The van der Waals surface area contributed by atoms with Gasteiger partial charge in [0.25, 0.3) is 0 Å². The fourth-order valence-electron chi connectivity index (χ4n) is 4.01. The first-order valence-corrected chi connectivity index (χ1v) is 10.0. The minimum atomic E-state index is -0.321. The van der Waals surface area contributed by atoms with Gasteiger partial charge in [-0.1, -0.05) is 54.6 Å². The summed E-state index contributed by atoms with van der Waals surface area (Å²) in [5, 5.41) is 8.35. The van der Waals surface area contributed by atoms with Crippen LogP contribution in [-0.4, -0.2) is 18.7 Å². The van der Waals surface area contributed by atoms with Gasteiger partial charge in [-0.3, -0.25) is 0 Å². The van der Waals surface area contributed by atoms with Gasteiger partial charge in [0, 0.05) is 6.61 Å². The van der Waals surface area contributed by atoms with Crippen molar-refractivity contribution in [3.05, 3.63) is 83.7 Å². The number of halogens is 1. The Morgan fingerprint density at radius 1 is 1.03 bits per heavy atom. The van der Waals surface area contributed by atoms with Crippen LogP contribution in [0.4, 0.5) is 9.18 Å². The maximum Gasteiger partial charge on any atom is 0.315 e. The Balaban J connectivity index is 1.50. The summed E-state index contributed by atoms with van der Waals surface area (Å²) in [7, 11) is 0. The van der Waals surface area contributed by atoms with Crippen molar-refractivity contribution >= 4 is 16.8 Å². The predicted octanol–water partition coefficient (Wildman–Crippen LogP) is 5.26. The number of hydrogen-bond acceptors (Lipinski definition) is 2. The number of ether oxygens (including phenoxy) is 1. The molecule has 1 heterocycles. The molecule has 0 aliphatic carbocycles. The summed E-state index contributed by atoms with van der Waals surface area (Å²) in [4.78, 5) is 12.8. The van der Waals surface area contributed by atoms with Gasteiger partial charge in [-0.25, -0.2) is 9.18 Å². The molecule has 3 atom stereocenters. The number of carbonyl (C=O) groups is 1. The largest absolute Gasteiger partial charge is 0.376 e. The minimum absolute atomic E-state index is 0.112. The first-order valence-electron chi connectivity index (χ1n) is 10.0. The van der Waals surface area contributed by atoms with Crippen LogP contribution in [0.15, 0.2) is 66.7 Å². The molecule has 0 aromatic heterocycles. The van der Waals surface area contributed by atoms with Crippen LogP contribution >= 0.6 is 0 Å². The normalized spacial score (nSPS) is 18.3. The molecule has 29 heavy (non-hydrogen) atoms. The molecule has 0 bridgehead atoms. The highest BCUT2D eigenvalue weighted by molar-refractivity contribution is 5.86. The zero-order chi connectivity index (χ0) is 20.2. The first kappa shape index (κ1) is 19.4. The van der Waals surface area contributed by atoms with Gasteiger partial charge < -0.3 is 15.4 Å². The van der Waals surface area contributed by atoms with Crippen LogP contribution < -0.4 is 10.6 Å². The standard InChI is InChI=1S/C24H25FN2O2/c1-16(20-9-4-7-17-6-2-3-8-21(17)20)26-24(28)27-23(22-10-5-15-29-22)18-11-13-19(25)14-12-18/h2-4,6-9,11-14,16,22-23H,5,10,15H2,1H3,(H2,26,27,28). The third-order valence-electron chi connectivity index (χ3n) is 5.49. The fourth-order valence-corrected chi connectivity index (χ4v) is 4.01. The molecule has 1 aliphatic heterocycles. The second kappa shape index (κ2) is 8.62. The van der Waals surface area contributed by atoms with E-state index in [9.17, 15) is 9.18 Å². The van der Waals surface area contributed by atoms with Crippen molar-refractivity contribution in [3.63, 3.8) is 0 Å². The van der Waals surface area contributed by atoms with Gasteiger partial charge in [-0.05, 0) is 53.8 Å². The number of carbonyl (C=O) groups excluding carboxylic acids is 1. The number of benzene rings is 3. The van der Waals surface area contributed by atoms with Gasteiger partial charge in [0.15, 0.2) is 0 Å². The number of urea groups is 1. The van der Waals surface area contributed by atoms with Crippen LogP contribution in [-0.2, 0) is 4.74 Å². The molecule has 1 aliphatic rings. The molecule has 3 aromatic carbocycles. The zero-order valence-corrected chi connectivity index (χ0v) is 16.4. The van der Waals surface area contributed by atoms with Crippen molar-refractivity contribution in [2.75, 3.05) is 6.61 Å². The second-order valence-electron chi connectivity index (χ2n) is 7.49. The average Bonchev–Trinajstić information content (AvgIpc) is 3.27. The van der Waals surface area contributed by atoms with Gasteiger partial charge >= 0.3 is 6.03 Å². The number of hydrogen-bond donors (Lipinski definition) is 2. The summed E-state index contributed by atoms with van der Waals surface area (Å²) in [6.07, 6.45) is 1.71. The van der Waals surface area contributed by atoms with Crippen LogP contribution in [0, 0.1) is 5.82 Å². The highest BCUT2D eigenvalue weighted by Gasteiger charge is 2.29. The first-order chi connectivity index (χ1) is 14.1. The van der Waals surface area contributed by atoms with E-state index in [0.29, 0.717) is 6.61 Å². The molecule has 4 nitrogen and oxygen atoms in total. The Morgan fingerprint density at radius 3 is 2.55 bits per heavy atom. The molecule has 150 valence electrons. The van der Waals surface area contributed by atoms with Crippen LogP contribution in [0.25, 0.3) is 10.8 Å². The van der Waals surface area contributed by atoms with Crippen LogP contribution in [0.2, 0.25) is 0 Å². The van der Waals surface area contributed by atoms with E-state index < -0.39 is 0 Å². The van der Waals surface area contributed by atoms with E-state index in [4.69, 9.17) is 4.74 Å². The quantitative estimate of drug-likeness (QED) is 0.622. The molecule has 0 saturated carbocycles. The molecule has 1 saturated heterocycles. The Morgan fingerprint density at radius 2 is 1.79 bits per heavy atom. The van der Waals surface area contributed by atoms with E-state index in [0.717, 1.165) is 34.7 Å². The maximum absolute atomic E-state index is 13.3. The molecular formula is C24H25FN2O2. The van der Waals surface area contributed by atoms with Crippen LogP contribution in [0.3, 0.4) is 0 Å². The smallest absolute Gasteiger partial charge is 0.315 e. The molecule has 2 N–H and O–H groups in total. The summed E-state index contributed by atoms with van der Waals surface area (Å²) in [6.45, 7) is 2.65. The monoisotopic (exact) mass is 392 g/mol. The number of nitrogens with one attached hydrogen (secondary N) is 2. The van der Waals surface area contributed by atoms with Gasteiger partial charge in [0.2, 0.25) is 0 Å². The van der Waals surface area contributed by atoms with Gasteiger partial charge in [-0.2, -0.15) is 0 Å². The lowest BCUT2D eigenvalue weighted by Gasteiger charge is -2.26. The zero-order valence-electron chi connectivity index (χ0n) is 16.4. The van der Waals surface area contributed by atoms with E-state index in [1.165, 1.54) is 12.1 Å². The van der Waals surface area contributed by atoms with Crippen molar-refractivity contribution in [3.8, 4) is 0 Å². The van der Waals surface area contributed by atoms with Crippen molar-refractivity contribution in [2.24, 2.45) is 0 Å². The lowest BCUT2D eigenvalue weighted by molar-refractivity contribution is 0.0806. The third kappa shape index (κ3) is 4.40. The van der Waals surface area contributed by atoms with E-state index >= 15 is 0 Å². The van der Waals surface area contributed by atoms with E-state index in [1.54, 1.807) is 12.1 Å². The van der Waals surface area contributed by atoms with Gasteiger partial charge in [-0.15, -0.1) is 0 Å². The molecule has 3 aromatic rings. The van der Waals surface area contributed by atoms with Crippen LogP contribution in [0.1, 0.15) is 43.0 Å². The van der Waals surface area contributed by atoms with Crippen molar-refractivity contribution in [2.45, 2.75) is 38.0 Å². The highest BCUT2D eigenvalue weighted by atomic mass is 19.1. The number of rotatable bonds is 5. The lowest BCUT2D eigenvalue weighted by Crippen LogP contribution is -2.43. The molecule has 4 rings (SSSR count). The van der Waals surface area contributed by atoms with Crippen molar-refractivity contribution < 1.29 is 13.9 Å². The van der Waals surface area contributed by atoms with E-state index in [1.807, 2.05) is 31.2 Å². The Labute approximate surface area is 170 Å². The van der Waals surface area contributed by atoms with Gasteiger partial charge in [0.05, 0.1) is 18.2 Å². The molecule has 2 amide bonds. The summed E-state index contributed by atoms with van der Waals surface area (Å²) < 4.78 is 19.2. The molecule has 1 fully saturated rings. The third-order valence-corrected chi connectivity index (χ3v) is 5.49. The Bertz CT molecular complexity index is 978. The molecule has 3 unspecified atom stereocenters. The number of amides is 2. The second-order valence-corrected chi connectivity index (χ2v) is 7.49. The molecule has 5 heteroatoms. The summed E-state index contributed by atoms with van der Waals surface area (Å²) in [5.41, 5.74) is 1.90.